The van der Waals surface area contributed by atoms with Gasteiger partial charge in [0.25, 0.3) is 0 Å². The zero-order valence-corrected chi connectivity index (χ0v) is 12.4. The number of fused-ring (bicyclic) bond motifs is 1. The summed E-state index contributed by atoms with van der Waals surface area (Å²) in [6.07, 6.45) is 0.741. The van der Waals surface area contributed by atoms with Gasteiger partial charge in [0.15, 0.2) is 0 Å². The lowest BCUT2D eigenvalue weighted by Gasteiger charge is -2.14. The van der Waals surface area contributed by atoms with Gasteiger partial charge in [-0.1, -0.05) is 42.8 Å². The minimum absolute atomic E-state index is 0.0977. The molecule has 3 nitrogen and oxygen atoms in total. The van der Waals surface area contributed by atoms with Crippen molar-refractivity contribution in [2.75, 3.05) is 0 Å². The van der Waals surface area contributed by atoms with E-state index in [4.69, 9.17) is 11.6 Å². The van der Waals surface area contributed by atoms with Crippen LogP contribution in [0.5, 0.6) is 0 Å². The highest BCUT2D eigenvalue weighted by atomic mass is 35.5. The molecule has 0 radical (unpaired) electrons. The maximum Gasteiger partial charge on any atom is 0.241 e. The summed E-state index contributed by atoms with van der Waals surface area (Å²) in [5.74, 6) is 0. The molecule has 0 aromatic heterocycles. The van der Waals surface area contributed by atoms with Crippen molar-refractivity contribution in [3.63, 3.8) is 0 Å². The molecule has 0 aliphatic rings. The lowest BCUT2D eigenvalue weighted by Crippen LogP contribution is -2.32. The Morgan fingerprint density at radius 2 is 1.79 bits per heavy atom. The standard InChI is InChI=1S/C14H16ClNO2S/c1-3-10(2)16-19(17,18)14-9-8-13(15)11-6-4-5-7-12(11)14/h4-10,16H,3H2,1-2H3/t10-/m1/s1. The van der Waals surface area contributed by atoms with Gasteiger partial charge in [0, 0.05) is 21.8 Å². The first-order chi connectivity index (χ1) is 8.95. The number of hydrogen-bond acceptors (Lipinski definition) is 2. The quantitative estimate of drug-likeness (QED) is 0.938. The van der Waals surface area contributed by atoms with Crippen LogP contribution in [-0.4, -0.2) is 14.5 Å². The number of sulfonamides is 1. The Morgan fingerprint density at radius 1 is 1.16 bits per heavy atom. The van der Waals surface area contributed by atoms with Crippen molar-refractivity contribution in [3.8, 4) is 0 Å². The fourth-order valence-electron chi connectivity index (χ4n) is 1.88. The molecule has 0 aliphatic heterocycles. The van der Waals surface area contributed by atoms with Crippen LogP contribution in [0, 0.1) is 0 Å². The predicted molar refractivity (Wildman–Crippen MR) is 79.0 cm³/mol. The summed E-state index contributed by atoms with van der Waals surface area (Å²) in [7, 11) is -3.52. The zero-order chi connectivity index (χ0) is 14.0. The SMILES string of the molecule is CC[C@@H](C)NS(=O)(=O)c1ccc(Cl)c2ccccc12. The topological polar surface area (TPSA) is 46.2 Å². The smallest absolute Gasteiger partial charge is 0.208 e. The Morgan fingerprint density at radius 3 is 2.42 bits per heavy atom. The summed E-state index contributed by atoms with van der Waals surface area (Å²) < 4.78 is 27.4. The van der Waals surface area contributed by atoms with Crippen LogP contribution < -0.4 is 4.72 Å². The summed E-state index contributed by atoms with van der Waals surface area (Å²) >= 11 is 6.10. The third kappa shape index (κ3) is 2.91. The van der Waals surface area contributed by atoms with E-state index in [1.54, 1.807) is 24.3 Å². The summed E-state index contributed by atoms with van der Waals surface area (Å²) in [5, 5.41) is 1.94. The average molecular weight is 298 g/mol. The number of halogens is 1. The van der Waals surface area contributed by atoms with Gasteiger partial charge in [0.2, 0.25) is 10.0 Å². The first-order valence-corrected chi connectivity index (χ1v) is 8.01. The van der Waals surface area contributed by atoms with Crippen LogP contribution in [0.2, 0.25) is 5.02 Å². The summed E-state index contributed by atoms with van der Waals surface area (Å²) in [6.45, 7) is 3.78. The van der Waals surface area contributed by atoms with Gasteiger partial charge in [0.1, 0.15) is 0 Å². The molecule has 1 atom stereocenters. The molecular formula is C14H16ClNO2S. The minimum atomic E-state index is -3.52. The molecule has 102 valence electrons. The van der Waals surface area contributed by atoms with Gasteiger partial charge in [0.05, 0.1) is 4.90 Å². The molecule has 0 amide bonds. The second-order valence-electron chi connectivity index (χ2n) is 4.52. The molecule has 0 bridgehead atoms. The molecule has 19 heavy (non-hydrogen) atoms. The monoisotopic (exact) mass is 297 g/mol. The first kappa shape index (κ1) is 14.3. The Labute approximate surface area is 118 Å². The molecule has 0 unspecified atom stereocenters. The molecule has 0 spiro atoms. The molecule has 0 heterocycles. The molecule has 0 saturated heterocycles. The highest BCUT2D eigenvalue weighted by Gasteiger charge is 2.19. The Balaban J connectivity index is 2.60. The van der Waals surface area contributed by atoms with Crippen molar-refractivity contribution in [3.05, 3.63) is 41.4 Å². The van der Waals surface area contributed by atoms with Crippen LogP contribution in [0.3, 0.4) is 0 Å². The van der Waals surface area contributed by atoms with Crippen LogP contribution in [0.25, 0.3) is 10.8 Å². The number of nitrogens with one attached hydrogen (secondary N) is 1. The Kier molecular flexibility index (Phi) is 4.13. The fraction of sp³-hybridized carbons (Fsp3) is 0.286. The van der Waals surface area contributed by atoms with E-state index in [0.717, 1.165) is 11.8 Å². The molecule has 0 aliphatic carbocycles. The maximum absolute atomic E-state index is 12.4. The van der Waals surface area contributed by atoms with E-state index in [2.05, 4.69) is 4.72 Å². The largest absolute Gasteiger partial charge is 0.241 e. The van der Waals surface area contributed by atoms with Crippen molar-refractivity contribution in [1.82, 2.24) is 4.72 Å². The van der Waals surface area contributed by atoms with Crippen molar-refractivity contribution in [2.24, 2.45) is 0 Å². The van der Waals surface area contributed by atoms with E-state index >= 15 is 0 Å². The minimum Gasteiger partial charge on any atom is -0.208 e. The summed E-state index contributed by atoms with van der Waals surface area (Å²) in [6, 6.07) is 10.3. The van der Waals surface area contributed by atoms with E-state index in [-0.39, 0.29) is 10.9 Å². The van der Waals surface area contributed by atoms with Gasteiger partial charge >= 0.3 is 0 Å². The van der Waals surface area contributed by atoms with E-state index in [1.165, 1.54) is 0 Å². The van der Waals surface area contributed by atoms with Crippen molar-refractivity contribution in [2.45, 2.75) is 31.2 Å². The molecule has 2 aromatic carbocycles. The van der Waals surface area contributed by atoms with E-state index in [0.29, 0.717) is 10.4 Å². The predicted octanol–water partition coefficient (Wildman–Crippen LogP) is 3.57. The Hall–Kier alpha value is -1.10. The lowest BCUT2D eigenvalue weighted by atomic mass is 10.1. The van der Waals surface area contributed by atoms with Gasteiger partial charge in [-0.25, -0.2) is 13.1 Å². The zero-order valence-electron chi connectivity index (χ0n) is 10.9. The summed E-state index contributed by atoms with van der Waals surface area (Å²) in [5.41, 5.74) is 0. The first-order valence-electron chi connectivity index (χ1n) is 6.15. The maximum atomic E-state index is 12.4. The second kappa shape index (κ2) is 5.49. The van der Waals surface area contributed by atoms with Gasteiger partial charge in [-0.2, -0.15) is 0 Å². The highest BCUT2D eigenvalue weighted by Crippen LogP contribution is 2.29. The van der Waals surface area contributed by atoms with Gasteiger partial charge in [-0.3, -0.25) is 0 Å². The lowest BCUT2D eigenvalue weighted by molar-refractivity contribution is 0.556. The summed E-state index contributed by atoms with van der Waals surface area (Å²) in [4.78, 5) is 0.271. The Bertz CT molecular complexity index is 698. The molecular weight excluding hydrogens is 282 g/mol. The van der Waals surface area contributed by atoms with Crippen molar-refractivity contribution in [1.29, 1.82) is 0 Å². The third-order valence-corrected chi connectivity index (χ3v) is 5.07. The molecule has 0 saturated carbocycles. The van der Waals surface area contributed by atoms with Crippen molar-refractivity contribution >= 4 is 32.4 Å². The molecule has 2 aromatic rings. The van der Waals surface area contributed by atoms with Crippen LogP contribution in [0.15, 0.2) is 41.3 Å². The fourth-order valence-corrected chi connectivity index (χ4v) is 3.65. The third-order valence-electron chi connectivity index (χ3n) is 3.09. The molecule has 0 fully saturated rings. The number of hydrogen-bond donors (Lipinski definition) is 1. The normalized spacial score (nSPS) is 13.6. The van der Waals surface area contributed by atoms with Crippen LogP contribution in [0.1, 0.15) is 20.3 Å². The molecule has 5 heteroatoms. The molecule has 1 N–H and O–H groups in total. The number of benzene rings is 2. The second-order valence-corrected chi connectivity index (χ2v) is 6.61. The number of rotatable bonds is 4. The van der Waals surface area contributed by atoms with Gasteiger partial charge in [-0.05, 0) is 25.5 Å². The van der Waals surface area contributed by atoms with Crippen LogP contribution in [-0.2, 0) is 10.0 Å². The average Bonchev–Trinajstić information content (AvgIpc) is 2.38. The van der Waals surface area contributed by atoms with E-state index in [9.17, 15) is 8.42 Å². The van der Waals surface area contributed by atoms with Gasteiger partial charge in [-0.15, -0.1) is 0 Å². The van der Waals surface area contributed by atoms with Crippen LogP contribution in [0.4, 0.5) is 0 Å². The van der Waals surface area contributed by atoms with Crippen LogP contribution >= 0.6 is 11.6 Å². The molecule has 2 rings (SSSR count). The van der Waals surface area contributed by atoms with E-state index in [1.807, 2.05) is 26.0 Å². The van der Waals surface area contributed by atoms with E-state index < -0.39 is 10.0 Å². The highest BCUT2D eigenvalue weighted by molar-refractivity contribution is 7.89. The van der Waals surface area contributed by atoms with Crippen molar-refractivity contribution < 1.29 is 8.42 Å². The van der Waals surface area contributed by atoms with Gasteiger partial charge < -0.3 is 0 Å².